The van der Waals surface area contributed by atoms with Gasteiger partial charge in [0.25, 0.3) is 0 Å². The van der Waals surface area contributed by atoms with E-state index in [1.54, 1.807) is 6.07 Å². The molecule has 0 saturated carbocycles. The second kappa shape index (κ2) is 9.74. The number of amides is 1. The van der Waals surface area contributed by atoms with Gasteiger partial charge >= 0.3 is 5.97 Å². The van der Waals surface area contributed by atoms with Crippen LogP contribution in [-0.2, 0) is 9.59 Å². The molecule has 1 amide bonds. The largest absolute Gasteiger partial charge is 0.480 e. The number of hydrogen-bond donors (Lipinski definition) is 3. The maximum absolute atomic E-state index is 11.7. The van der Waals surface area contributed by atoms with Crippen molar-refractivity contribution in [3.05, 3.63) is 28.7 Å². The van der Waals surface area contributed by atoms with Crippen molar-refractivity contribution in [1.29, 1.82) is 0 Å². The van der Waals surface area contributed by atoms with Gasteiger partial charge in [0.05, 0.1) is 12.2 Å². The Hall–Kier alpha value is -1.11. The molecule has 0 aliphatic carbocycles. The summed E-state index contributed by atoms with van der Waals surface area (Å²) < 4.78 is 0.784. The van der Waals surface area contributed by atoms with Crippen LogP contribution >= 0.6 is 28.3 Å². The minimum atomic E-state index is -0.935. The number of aliphatic carboxylic acids is 1. The lowest BCUT2D eigenvalue weighted by Crippen LogP contribution is -2.41. The Labute approximate surface area is 132 Å². The lowest BCUT2D eigenvalue weighted by molar-refractivity contribution is -0.139. The van der Waals surface area contributed by atoms with Crippen molar-refractivity contribution >= 4 is 45.9 Å². The van der Waals surface area contributed by atoms with Gasteiger partial charge in [-0.1, -0.05) is 25.5 Å². The number of halogens is 2. The lowest BCUT2D eigenvalue weighted by atomic mass is 10.2. The van der Waals surface area contributed by atoms with Gasteiger partial charge in [0.1, 0.15) is 6.04 Å². The van der Waals surface area contributed by atoms with E-state index in [-0.39, 0.29) is 24.9 Å². The number of carboxylic acids is 1. The number of hydrogen-bond acceptors (Lipinski definition) is 3. The average Bonchev–Trinajstić information content (AvgIpc) is 2.37. The molecule has 0 aromatic heterocycles. The Morgan fingerprint density at radius 3 is 2.55 bits per heavy atom. The Balaban J connectivity index is 0.00000361. The van der Waals surface area contributed by atoms with Crippen molar-refractivity contribution < 1.29 is 14.7 Å². The molecular weight excluding hydrogens is 348 g/mol. The molecule has 1 aromatic rings. The Morgan fingerprint density at radius 1 is 1.35 bits per heavy atom. The molecule has 0 radical (unpaired) electrons. The summed E-state index contributed by atoms with van der Waals surface area (Å²) in [4.78, 5) is 22.6. The molecule has 0 saturated heterocycles. The molecule has 0 aliphatic rings. The van der Waals surface area contributed by atoms with Gasteiger partial charge in [-0.3, -0.25) is 14.9 Å². The maximum Gasteiger partial charge on any atom is 0.320 e. The summed E-state index contributed by atoms with van der Waals surface area (Å²) in [5.41, 5.74) is 0.664. The zero-order valence-corrected chi connectivity index (χ0v) is 13.5. The molecule has 0 aliphatic heterocycles. The Kier molecular flexibility index (Phi) is 9.20. The Bertz CT molecular complexity index is 457. The van der Waals surface area contributed by atoms with Crippen molar-refractivity contribution in [2.45, 2.75) is 25.8 Å². The molecule has 7 heteroatoms. The fourth-order valence-corrected chi connectivity index (χ4v) is 1.96. The first kappa shape index (κ1) is 18.9. The molecule has 0 spiro atoms. The predicted molar refractivity (Wildman–Crippen MR) is 84.4 cm³/mol. The van der Waals surface area contributed by atoms with Crippen LogP contribution in [0.1, 0.15) is 19.8 Å². The summed E-state index contributed by atoms with van der Waals surface area (Å²) in [5, 5.41) is 14.4. The topological polar surface area (TPSA) is 78.4 Å². The molecule has 3 N–H and O–H groups in total. The van der Waals surface area contributed by atoms with E-state index in [0.717, 1.165) is 10.9 Å². The number of para-hydroxylation sites is 1. The number of nitrogens with one attached hydrogen (secondary N) is 2. The minimum absolute atomic E-state index is 0. The van der Waals surface area contributed by atoms with Crippen molar-refractivity contribution in [1.82, 2.24) is 5.32 Å². The van der Waals surface area contributed by atoms with Crippen LogP contribution in [0.5, 0.6) is 0 Å². The number of rotatable bonds is 7. The van der Waals surface area contributed by atoms with Crippen molar-refractivity contribution in [2.24, 2.45) is 0 Å². The highest BCUT2D eigenvalue weighted by Crippen LogP contribution is 2.20. The van der Waals surface area contributed by atoms with Crippen LogP contribution < -0.4 is 10.6 Å². The molecule has 1 aromatic carbocycles. The highest BCUT2D eigenvalue weighted by atomic mass is 79.9. The molecule has 5 nitrogen and oxygen atoms in total. The van der Waals surface area contributed by atoms with Gasteiger partial charge < -0.3 is 10.4 Å². The summed E-state index contributed by atoms with van der Waals surface area (Å²) in [6.45, 7) is 1.87. The van der Waals surface area contributed by atoms with Crippen molar-refractivity contribution in [2.75, 3.05) is 11.9 Å². The smallest absolute Gasteiger partial charge is 0.320 e. The summed E-state index contributed by atoms with van der Waals surface area (Å²) in [7, 11) is 0. The molecule has 0 bridgehead atoms. The number of carbonyl (C=O) groups excluding carboxylic acids is 1. The van der Waals surface area contributed by atoms with Crippen LogP contribution in [-0.4, -0.2) is 29.6 Å². The van der Waals surface area contributed by atoms with Gasteiger partial charge in [-0.05, 0) is 34.5 Å². The zero-order chi connectivity index (χ0) is 14.3. The average molecular weight is 366 g/mol. The predicted octanol–water partition coefficient (Wildman–Crippen LogP) is 2.65. The second-order valence-corrected chi connectivity index (χ2v) is 4.94. The molecule has 1 rings (SSSR count). The summed E-state index contributed by atoms with van der Waals surface area (Å²) in [6.07, 6.45) is 1.24. The van der Waals surface area contributed by atoms with E-state index in [0.29, 0.717) is 12.1 Å². The summed E-state index contributed by atoms with van der Waals surface area (Å²) in [6, 6.07) is 6.56. The van der Waals surface area contributed by atoms with Crippen LogP contribution in [0.4, 0.5) is 5.69 Å². The quantitative estimate of drug-likeness (QED) is 0.694. The number of carboxylic acid groups (broad SMARTS) is 1. The summed E-state index contributed by atoms with van der Waals surface area (Å²) in [5.74, 6) is -1.20. The molecule has 0 heterocycles. The maximum atomic E-state index is 11.7. The minimum Gasteiger partial charge on any atom is -0.480 e. The SMILES string of the molecule is CCCC(NCC(=O)Nc1ccccc1Br)C(=O)O.Cl. The van der Waals surface area contributed by atoms with Crippen LogP contribution in [0.15, 0.2) is 28.7 Å². The van der Waals surface area contributed by atoms with Crippen LogP contribution in [0.3, 0.4) is 0 Å². The van der Waals surface area contributed by atoms with Gasteiger partial charge in [0.15, 0.2) is 0 Å². The van der Waals surface area contributed by atoms with E-state index in [1.165, 1.54) is 0 Å². The standard InChI is InChI=1S/C13H17BrN2O3.ClH/c1-2-5-11(13(18)19)15-8-12(17)16-10-7-4-3-6-9(10)14;/h3-4,6-7,11,15H,2,5,8H2,1H3,(H,16,17)(H,18,19);1H. The first-order chi connectivity index (χ1) is 9.04. The molecule has 20 heavy (non-hydrogen) atoms. The third-order valence-corrected chi connectivity index (χ3v) is 3.22. The summed E-state index contributed by atoms with van der Waals surface area (Å²) >= 11 is 3.32. The Morgan fingerprint density at radius 2 is 2.00 bits per heavy atom. The van der Waals surface area contributed by atoms with E-state index in [2.05, 4.69) is 26.6 Å². The molecule has 1 atom stereocenters. The third kappa shape index (κ3) is 6.36. The van der Waals surface area contributed by atoms with Gasteiger partial charge in [0, 0.05) is 4.47 Å². The lowest BCUT2D eigenvalue weighted by Gasteiger charge is -2.13. The first-order valence-corrected chi connectivity index (χ1v) is 6.84. The number of carbonyl (C=O) groups is 2. The molecule has 1 unspecified atom stereocenters. The molecule has 0 fully saturated rings. The van der Waals surface area contributed by atoms with E-state index < -0.39 is 12.0 Å². The third-order valence-electron chi connectivity index (χ3n) is 2.53. The highest BCUT2D eigenvalue weighted by Gasteiger charge is 2.16. The second-order valence-electron chi connectivity index (χ2n) is 4.09. The van der Waals surface area contributed by atoms with Gasteiger partial charge in [-0.25, -0.2) is 0 Å². The van der Waals surface area contributed by atoms with Gasteiger partial charge in [-0.15, -0.1) is 12.4 Å². The van der Waals surface area contributed by atoms with Crippen LogP contribution in [0, 0.1) is 0 Å². The van der Waals surface area contributed by atoms with Crippen LogP contribution in [0.25, 0.3) is 0 Å². The van der Waals surface area contributed by atoms with E-state index in [1.807, 2.05) is 25.1 Å². The van der Waals surface area contributed by atoms with E-state index in [9.17, 15) is 9.59 Å². The molecular formula is C13H18BrClN2O3. The number of benzene rings is 1. The normalized spacial score (nSPS) is 11.3. The fourth-order valence-electron chi connectivity index (χ4n) is 1.57. The number of anilines is 1. The van der Waals surface area contributed by atoms with E-state index in [4.69, 9.17) is 5.11 Å². The van der Waals surface area contributed by atoms with Crippen molar-refractivity contribution in [3.63, 3.8) is 0 Å². The monoisotopic (exact) mass is 364 g/mol. The van der Waals surface area contributed by atoms with Crippen molar-refractivity contribution in [3.8, 4) is 0 Å². The fraction of sp³-hybridized carbons (Fsp3) is 0.385. The van der Waals surface area contributed by atoms with E-state index >= 15 is 0 Å². The molecule has 112 valence electrons. The van der Waals surface area contributed by atoms with Crippen LogP contribution in [0.2, 0.25) is 0 Å². The van der Waals surface area contributed by atoms with Gasteiger partial charge in [0.2, 0.25) is 5.91 Å². The van der Waals surface area contributed by atoms with Gasteiger partial charge in [-0.2, -0.15) is 0 Å². The first-order valence-electron chi connectivity index (χ1n) is 6.05. The highest BCUT2D eigenvalue weighted by molar-refractivity contribution is 9.10. The zero-order valence-electron chi connectivity index (χ0n) is 11.1.